The second-order valence-electron chi connectivity index (χ2n) is 4.22. The minimum Gasteiger partial charge on any atom is -0.492 e. The zero-order valence-electron chi connectivity index (χ0n) is 9.43. The SMILES string of the molecule is O[C@@H]1CCC[C@H]1NCCOc1ccccc1. The van der Waals surface area contributed by atoms with Crippen molar-refractivity contribution in [3.05, 3.63) is 30.3 Å². The van der Waals surface area contributed by atoms with Crippen LogP contribution in [-0.2, 0) is 0 Å². The number of hydrogen-bond donors (Lipinski definition) is 2. The maximum Gasteiger partial charge on any atom is 0.119 e. The van der Waals surface area contributed by atoms with Crippen LogP contribution < -0.4 is 10.1 Å². The first-order valence-electron chi connectivity index (χ1n) is 5.95. The van der Waals surface area contributed by atoms with E-state index >= 15 is 0 Å². The molecule has 1 aliphatic carbocycles. The van der Waals surface area contributed by atoms with E-state index in [-0.39, 0.29) is 12.1 Å². The molecule has 1 fully saturated rings. The van der Waals surface area contributed by atoms with E-state index in [4.69, 9.17) is 4.74 Å². The van der Waals surface area contributed by atoms with E-state index in [1.54, 1.807) is 0 Å². The maximum absolute atomic E-state index is 9.60. The van der Waals surface area contributed by atoms with Gasteiger partial charge in [0.25, 0.3) is 0 Å². The summed E-state index contributed by atoms with van der Waals surface area (Å²) in [5, 5.41) is 12.9. The molecule has 1 aromatic rings. The van der Waals surface area contributed by atoms with Gasteiger partial charge in [0, 0.05) is 12.6 Å². The van der Waals surface area contributed by atoms with Gasteiger partial charge >= 0.3 is 0 Å². The van der Waals surface area contributed by atoms with Crippen LogP contribution in [0.15, 0.2) is 30.3 Å². The summed E-state index contributed by atoms with van der Waals surface area (Å²) in [5.41, 5.74) is 0. The second kappa shape index (κ2) is 5.87. The van der Waals surface area contributed by atoms with Gasteiger partial charge in [-0.05, 0) is 31.4 Å². The van der Waals surface area contributed by atoms with E-state index in [0.717, 1.165) is 31.6 Å². The molecule has 0 spiro atoms. The average Bonchev–Trinajstić information content (AvgIpc) is 2.72. The van der Waals surface area contributed by atoms with E-state index in [1.807, 2.05) is 30.3 Å². The monoisotopic (exact) mass is 221 g/mol. The molecule has 0 bridgehead atoms. The highest BCUT2D eigenvalue weighted by Gasteiger charge is 2.23. The third kappa shape index (κ3) is 3.22. The Labute approximate surface area is 96.4 Å². The number of rotatable bonds is 5. The smallest absolute Gasteiger partial charge is 0.119 e. The lowest BCUT2D eigenvalue weighted by Crippen LogP contribution is -2.37. The van der Waals surface area contributed by atoms with Crippen molar-refractivity contribution in [1.29, 1.82) is 0 Å². The molecule has 0 amide bonds. The van der Waals surface area contributed by atoms with Crippen LogP contribution in [0.1, 0.15) is 19.3 Å². The van der Waals surface area contributed by atoms with Gasteiger partial charge in [0.15, 0.2) is 0 Å². The molecule has 2 N–H and O–H groups in total. The van der Waals surface area contributed by atoms with E-state index < -0.39 is 0 Å². The Morgan fingerprint density at radius 2 is 2.06 bits per heavy atom. The molecule has 0 radical (unpaired) electrons. The van der Waals surface area contributed by atoms with Gasteiger partial charge in [-0.1, -0.05) is 18.2 Å². The molecule has 1 aromatic carbocycles. The van der Waals surface area contributed by atoms with Crippen molar-refractivity contribution in [2.24, 2.45) is 0 Å². The summed E-state index contributed by atoms with van der Waals surface area (Å²) in [5.74, 6) is 0.899. The molecule has 0 unspecified atom stereocenters. The van der Waals surface area contributed by atoms with Gasteiger partial charge in [-0.2, -0.15) is 0 Å². The average molecular weight is 221 g/mol. The van der Waals surface area contributed by atoms with Crippen molar-refractivity contribution in [1.82, 2.24) is 5.32 Å². The topological polar surface area (TPSA) is 41.5 Å². The number of hydrogen-bond acceptors (Lipinski definition) is 3. The lowest BCUT2D eigenvalue weighted by Gasteiger charge is -2.16. The quantitative estimate of drug-likeness (QED) is 0.742. The van der Waals surface area contributed by atoms with Crippen molar-refractivity contribution in [3.8, 4) is 5.75 Å². The Bertz CT molecular complexity index is 302. The van der Waals surface area contributed by atoms with E-state index in [1.165, 1.54) is 0 Å². The molecule has 0 aliphatic heterocycles. The fourth-order valence-electron chi connectivity index (χ4n) is 2.11. The number of aliphatic hydroxyl groups excluding tert-OH is 1. The van der Waals surface area contributed by atoms with Crippen molar-refractivity contribution >= 4 is 0 Å². The lowest BCUT2D eigenvalue weighted by molar-refractivity contribution is 0.146. The summed E-state index contributed by atoms with van der Waals surface area (Å²) in [4.78, 5) is 0. The molecule has 0 saturated heterocycles. The molecule has 0 heterocycles. The van der Waals surface area contributed by atoms with Gasteiger partial charge in [0.05, 0.1) is 6.10 Å². The molecule has 88 valence electrons. The largest absolute Gasteiger partial charge is 0.492 e. The molecule has 1 aliphatic rings. The van der Waals surface area contributed by atoms with Crippen molar-refractivity contribution in [2.45, 2.75) is 31.4 Å². The van der Waals surface area contributed by atoms with Gasteiger partial charge in [-0.15, -0.1) is 0 Å². The Kier molecular flexibility index (Phi) is 4.19. The summed E-state index contributed by atoms with van der Waals surface area (Å²) in [6, 6.07) is 10.1. The molecule has 0 aromatic heterocycles. The highest BCUT2D eigenvalue weighted by atomic mass is 16.5. The van der Waals surface area contributed by atoms with Crippen LogP contribution in [0.5, 0.6) is 5.75 Å². The van der Waals surface area contributed by atoms with Gasteiger partial charge in [-0.25, -0.2) is 0 Å². The van der Waals surface area contributed by atoms with Gasteiger partial charge in [0.2, 0.25) is 0 Å². The molecule has 3 heteroatoms. The lowest BCUT2D eigenvalue weighted by atomic mass is 10.2. The third-order valence-electron chi connectivity index (χ3n) is 3.00. The molecule has 16 heavy (non-hydrogen) atoms. The van der Waals surface area contributed by atoms with Crippen LogP contribution in [0.4, 0.5) is 0 Å². The first-order chi connectivity index (χ1) is 7.86. The summed E-state index contributed by atoms with van der Waals surface area (Å²) >= 11 is 0. The number of ether oxygens (including phenoxy) is 1. The number of para-hydroxylation sites is 1. The first kappa shape index (κ1) is 11.4. The highest BCUT2D eigenvalue weighted by Crippen LogP contribution is 2.18. The van der Waals surface area contributed by atoms with Gasteiger partial charge in [-0.3, -0.25) is 0 Å². The molecule has 1 saturated carbocycles. The minimum atomic E-state index is -0.170. The van der Waals surface area contributed by atoms with Crippen LogP contribution in [0.3, 0.4) is 0 Å². The first-order valence-corrected chi connectivity index (χ1v) is 5.95. The molecular formula is C13H19NO2. The number of benzene rings is 1. The Hall–Kier alpha value is -1.06. The van der Waals surface area contributed by atoms with Gasteiger partial charge < -0.3 is 15.2 Å². The van der Waals surface area contributed by atoms with Crippen molar-refractivity contribution in [3.63, 3.8) is 0 Å². The molecule has 3 nitrogen and oxygen atoms in total. The normalized spacial score (nSPS) is 24.6. The summed E-state index contributed by atoms with van der Waals surface area (Å²) in [6.07, 6.45) is 2.96. The minimum absolute atomic E-state index is 0.170. The summed E-state index contributed by atoms with van der Waals surface area (Å²) in [7, 11) is 0. The highest BCUT2D eigenvalue weighted by molar-refractivity contribution is 5.20. The zero-order valence-corrected chi connectivity index (χ0v) is 9.43. The molecular weight excluding hydrogens is 202 g/mol. The summed E-state index contributed by atoms with van der Waals surface area (Å²) in [6.45, 7) is 1.43. The van der Waals surface area contributed by atoms with E-state index in [0.29, 0.717) is 6.61 Å². The number of nitrogens with one attached hydrogen (secondary N) is 1. The fourth-order valence-corrected chi connectivity index (χ4v) is 2.11. The Morgan fingerprint density at radius 1 is 1.25 bits per heavy atom. The second-order valence-corrected chi connectivity index (χ2v) is 4.22. The van der Waals surface area contributed by atoms with Crippen molar-refractivity contribution in [2.75, 3.05) is 13.2 Å². The fraction of sp³-hybridized carbons (Fsp3) is 0.538. The van der Waals surface area contributed by atoms with Crippen LogP contribution in [-0.4, -0.2) is 30.4 Å². The molecule has 2 atom stereocenters. The van der Waals surface area contributed by atoms with E-state index in [9.17, 15) is 5.11 Å². The van der Waals surface area contributed by atoms with Gasteiger partial charge in [0.1, 0.15) is 12.4 Å². The van der Waals surface area contributed by atoms with Crippen LogP contribution in [0.2, 0.25) is 0 Å². The summed E-state index contributed by atoms with van der Waals surface area (Å²) < 4.78 is 5.56. The maximum atomic E-state index is 9.60. The number of aliphatic hydroxyl groups is 1. The molecule has 2 rings (SSSR count). The van der Waals surface area contributed by atoms with Crippen LogP contribution >= 0.6 is 0 Å². The zero-order chi connectivity index (χ0) is 11.2. The van der Waals surface area contributed by atoms with E-state index in [2.05, 4.69) is 5.32 Å². The Morgan fingerprint density at radius 3 is 2.75 bits per heavy atom. The third-order valence-corrected chi connectivity index (χ3v) is 3.00. The standard InChI is InChI=1S/C13H19NO2/c15-13-8-4-7-12(13)14-9-10-16-11-5-2-1-3-6-11/h1-3,5-6,12-15H,4,7-10H2/t12-,13-/m1/s1. The Balaban J connectivity index is 1.62. The predicted molar refractivity (Wildman–Crippen MR) is 63.6 cm³/mol. The van der Waals surface area contributed by atoms with Crippen molar-refractivity contribution < 1.29 is 9.84 Å². The predicted octanol–water partition coefficient (Wildman–Crippen LogP) is 1.57. The van der Waals surface area contributed by atoms with Crippen LogP contribution in [0, 0.1) is 0 Å². The van der Waals surface area contributed by atoms with Crippen LogP contribution in [0.25, 0.3) is 0 Å².